The van der Waals surface area contributed by atoms with Crippen molar-refractivity contribution < 1.29 is 0 Å². The van der Waals surface area contributed by atoms with Gasteiger partial charge in [0.15, 0.2) is 0 Å². The number of hydrogen-bond acceptors (Lipinski definition) is 0. The zero-order chi connectivity index (χ0) is 22.9. The second-order valence-corrected chi connectivity index (χ2v) is 9.66. The summed E-state index contributed by atoms with van der Waals surface area (Å²) >= 11 is 0. The molecule has 0 spiro atoms. The van der Waals surface area contributed by atoms with Gasteiger partial charge in [-0.05, 0) is 71.3 Å². The lowest BCUT2D eigenvalue weighted by Crippen LogP contribution is -2.03. The monoisotopic (exact) mass is 442 g/mol. The van der Waals surface area contributed by atoms with E-state index in [9.17, 15) is 0 Å². The van der Waals surface area contributed by atoms with Crippen LogP contribution in [-0.2, 0) is 0 Å². The highest BCUT2D eigenvalue weighted by Gasteiger charge is 2.33. The van der Waals surface area contributed by atoms with Crippen LogP contribution in [0, 0.1) is 0 Å². The number of rotatable bonds is 2. The van der Waals surface area contributed by atoms with Crippen LogP contribution in [0.1, 0.15) is 22.6 Å². The van der Waals surface area contributed by atoms with Gasteiger partial charge in [0.2, 0.25) is 0 Å². The van der Waals surface area contributed by atoms with Crippen LogP contribution in [-0.4, -0.2) is 0 Å². The van der Waals surface area contributed by atoms with E-state index in [0.29, 0.717) is 0 Å². The van der Waals surface area contributed by atoms with Crippen molar-refractivity contribution in [2.45, 2.75) is 5.92 Å². The van der Waals surface area contributed by atoms with Crippen molar-refractivity contribution in [1.82, 2.24) is 0 Å². The lowest BCUT2D eigenvalue weighted by Gasteiger charge is -2.22. The minimum Gasteiger partial charge on any atom is -0.0622 e. The Morgan fingerprint density at radius 1 is 0.371 bits per heavy atom. The molecule has 0 nitrogen and oxygen atoms in total. The van der Waals surface area contributed by atoms with E-state index in [4.69, 9.17) is 0 Å². The highest BCUT2D eigenvalue weighted by atomic mass is 14.4. The smallest absolute Gasteiger partial charge is 0.0364 e. The molecule has 0 fully saturated rings. The Hall–Kier alpha value is -4.42. The molecule has 8 rings (SSSR count). The average molecular weight is 443 g/mol. The van der Waals surface area contributed by atoms with Crippen molar-refractivity contribution in [3.05, 3.63) is 144 Å². The van der Waals surface area contributed by atoms with Crippen molar-refractivity contribution in [3.63, 3.8) is 0 Å². The Bertz CT molecular complexity index is 1880. The van der Waals surface area contributed by atoms with Gasteiger partial charge in [-0.3, -0.25) is 0 Å². The highest BCUT2D eigenvalue weighted by molar-refractivity contribution is 6.23. The first-order chi connectivity index (χ1) is 17.4. The fraction of sp³-hybridized carbons (Fsp3) is 0.0286. The molecule has 162 valence electrons. The summed E-state index contributed by atoms with van der Waals surface area (Å²) in [6.45, 7) is 0. The van der Waals surface area contributed by atoms with E-state index in [1.807, 2.05) is 0 Å². The van der Waals surface area contributed by atoms with Gasteiger partial charge in [0.05, 0.1) is 0 Å². The van der Waals surface area contributed by atoms with Crippen LogP contribution < -0.4 is 0 Å². The van der Waals surface area contributed by atoms with Gasteiger partial charge in [-0.25, -0.2) is 0 Å². The normalized spacial score (nSPS) is 14.6. The van der Waals surface area contributed by atoms with Crippen molar-refractivity contribution >= 4 is 32.3 Å². The molecule has 0 heteroatoms. The lowest BCUT2D eigenvalue weighted by molar-refractivity contribution is 1.03. The van der Waals surface area contributed by atoms with E-state index < -0.39 is 0 Å². The maximum atomic E-state index is 2.38. The molecular weight excluding hydrogens is 420 g/mol. The minimum atomic E-state index is 0.196. The van der Waals surface area contributed by atoms with Gasteiger partial charge in [0.1, 0.15) is 0 Å². The predicted octanol–water partition coefficient (Wildman–Crippen LogP) is 9.41. The quantitative estimate of drug-likeness (QED) is 0.234. The standard InChI is InChI=1S/C35H22/c1-2-8-22(9-3-1)26-14-7-15-29-27-12-4-5-13-28(27)35(34(26)29)31-21-19-25-17-16-23-10-6-11-24-18-20-30(31)33(25)32(23)24/h1-21,35H. The topological polar surface area (TPSA) is 0 Å². The maximum absolute atomic E-state index is 2.38. The Kier molecular flexibility index (Phi) is 3.81. The van der Waals surface area contributed by atoms with Crippen LogP contribution in [0.5, 0.6) is 0 Å². The summed E-state index contributed by atoms with van der Waals surface area (Å²) < 4.78 is 0. The van der Waals surface area contributed by atoms with Gasteiger partial charge in [-0.2, -0.15) is 0 Å². The molecule has 1 aliphatic carbocycles. The van der Waals surface area contributed by atoms with E-state index in [1.165, 1.54) is 71.3 Å². The molecule has 0 heterocycles. The third-order valence-electron chi connectivity index (χ3n) is 7.91. The molecule has 0 saturated carbocycles. The molecule has 0 amide bonds. The number of benzene rings is 7. The maximum Gasteiger partial charge on any atom is 0.0364 e. The largest absolute Gasteiger partial charge is 0.0622 e. The van der Waals surface area contributed by atoms with Gasteiger partial charge in [0.25, 0.3) is 0 Å². The van der Waals surface area contributed by atoms with Gasteiger partial charge >= 0.3 is 0 Å². The van der Waals surface area contributed by atoms with E-state index in [-0.39, 0.29) is 5.92 Å². The second-order valence-electron chi connectivity index (χ2n) is 9.66. The summed E-state index contributed by atoms with van der Waals surface area (Å²) in [6.07, 6.45) is 0. The van der Waals surface area contributed by atoms with Crippen molar-refractivity contribution in [2.24, 2.45) is 0 Å². The third kappa shape index (κ3) is 2.57. The van der Waals surface area contributed by atoms with Crippen molar-refractivity contribution in [3.8, 4) is 22.3 Å². The minimum absolute atomic E-state index is 0.196. The molecule has 35 heavy (non-hydrogen) atoms. The molecule has 0 aliphatic heterocycles. The lowest BCUT2D eigenvalue weighted by atomic mass is 9.81. The van der Waals surface area contributed by atoms with Crippen molar-refractivity contribution in [2.75, 3.05) is 0 Å². The molecule has 7 aromatic carbocycles. The summed E-state index contributed by atoms with van der Waals surface area (Å²) in [5.41, 5.74) is 9.55. The summed E-state index contributed by atoms with van der Waals surface area (Å²) in [4.78, 5) is 0. The first kappa shape index (κ1) is 18.9. The van der Waals surface area contributed by atoms with Crippen molar-refractivity contribution in [1.29, 1.82) is 0 Å². The molecule has 0 saturated heterocycles. The van der Waals surface area contributed by atoms with E-state index >= 15 is 0 Å². The Labute approximate surface area is 204 Å². The molecule has 0 radical (unpaired) electrons. The second kappa shape index (κ2) is 7.04. The van der Waals surface area contributed by atoms with Gasteiger partial charge in [-0.1, -0.05) is 127 Å². The molecule has 7 aromatic rings. The summed E-state index contributed by atoms with van der Waals surface area (Å²) in [5, 5.41) is 8.08. The molecule has 0 aromatic heterocycles. The van der Waals surface area contributed by atoms with E-state index in [1.54, 1.807) is 0 Å². The van der Waals surface area contributed by atoms with Gasteiger partial charge in [0, 0.05) is 5.92 Å². The molecule has 1 atom stereocenters. The first-order valence-corrected chi connectivity index (χ1v) is 12.3. The van der Waals surface area contributed by atoms with E-state index in [2.05, 4.69) is 127 Å². The van der Waals surface area contributed by atoms with Crippen LogP contribution in [0.4, 0.5) is 0 Å². The Morgan fingerprint density at radius 3 is 1.86 bits per heavy atom. The fourth-order valence-electron chi connectivity index (χ4n) is 6.46. The van der Waals surface area contributed by atoms with E-state index in [0.717, 1.165) is 0 Å². The van der Waals surface area contributed by atoms with Crippen LogP contribution in [0.15, 0.2) is 127 Å². The van der Waals surface area contributed by atoms with Crippen LogP contribution in [0.2, 0.25) is 0 Å². The summed E-state index contributed by atoms with van der Waals surface area (Å²) in [6, 6.07) is 47.2. The molecule has 1 aliphatic rings. The molecule has 1 unspecified atom stereocenters. The zero-order valence-corrected chi connectivity index (χ0v) is 19.2. The number of fused-ring (bicyclic) bond motifs is 3. The SMILES string of the molecule is c1ccc(-c2cccc3c2C(c2ccc4ccc5cccc6ccc2c4c56)c2ccccc2-3)cc1. The van der Waals surface area contributed by atoms with Gasteiger partial charge in [-0.15, -0.1) is 0 Å². The summed E-state index contributed by atoms with van der Waals surface area (Å²) in [7, 11) is 0. The highest BCUT2D eigenvalue weighted by Crippen LogP contribution is 2.53. The zero-order valence-electron chi connectivity index (χ0n) is 19.2. The average Bonchev–Trinajstić information content (AvgIpc) is 3.27. The third-order valence-corrected chi connectivity index (χ3v) is 7.91. The molecule has 0 bridgehead atoms. The Morgan fingerprint density at radius 2 is 1.00 bits per heavy atom. The molecule has 0 N–H and O–H groups in total. The fourth-order valence-corrected chi connectivity index (χ4v) is 6.46. The van der Waals surface area contributed by atoms with Crippen LogP contribution in [0.3, 0.4) is 0 Å². The number of hydrogen-bond donors (Lipinski definition) is 0. The molecular formula is C35H22. The summed E-state index contributed by atoms with van der Waals surface area (Å²) in [5.74, 6) is 0.196. The van der Waals surface area contributed by atoms with Gasteiger partial charge < -0.3 is 0 Å². The van der Waals surface area contributed by atoms with Crippen LogP contribution >= 0.6 is 0 Å². The first-order valence-electron chi connectivity index (χ1n) is 12.3. The Balaban J connectivity index is 1.50. The van der Waals surface area contributed by atoms with Crippen LogP contribution in [0.25, 0.3) is 54.6 Å². The predicted molar refractivity (Wildman–Crippen MR) is 148 cm³/mol.